The van der Waals surface area contributed by atoms with Crippen molar-refractivity contribution in [3.8, 4) is 0 Å². The smallest absolute Gasteiger partial charge is 0.346 e. The first-order valence-corrected chi connectivity index (χ1v) is 7.14. The number of benzene rings is 1. The number of aromatic nitrogens is 3. The van der Waals surface area contributed by atoms with Crippen molar-refractivity contribution in [1.29, 1.82) is 0 Å². The Hall–Kier alpha value is -1.56. The first-order chi connectivity index (χ1) is 9.13. The number of nitrogens with zero attached hydrogens (tertiary/aromatic N) is 3. The zero-order chi connectivity index (χ0) is 13.4. The van der Waals surface area contributed by atoms with Crippen LogP contribution in [0.25, 0.3) is 0 Å². The summed E-state index contributed by atoms with van der Waals surface area (Å²) in [6.07, 6.45) is 3.06. The van der Waals surface area contributed by atoms with E-state index in [-0.39, 0.29) is 5.69 Å². The van der Waals surface area contributed by atoms with Gasteiger partial charge in [-0.25, -0.2) is 9.48 Å². The van der Waals surface area contributed by atoms with Crippen LogP contribution in [0.3, 0.4) is 0 Å². The van der Waals surface area contributed by atoms with Gasteiger partial charge >= 0.3 is 5.69 Å². The molecule has 0 aliphatic carbocycles. The van der Waals surface area contributed by atoms with Gasteiger partial charge in [-0.1, -0.05) is 15.9 Å². The summed E-state index contributed by atoms with van der Waals surface area (Å²) >= 11 is 3.41. The van der Waals surface area contributed by atoms with Gasteiger partial charge in [0.1, 0.15) is 5.82 Å². The molecule has 6 heteroatoms. The molecule has 0 fully saturated rings. The molecule has 100 valence electrons. The summed E-state index contributed by atoms with van der Waals surface area (Å²) in [4.78, 5) is 12.2. The van der Waals surface area contributed by atoms with E-state index in [1.54, 1.807) is 4.57 Å². The minimum atomic E-state index is -0.0201. The lowest BCUT2D eigenvalue weighted by molar-refractivity contribution is 0.511. The van der Waals surface area contributed by atoms with Crippen LogP contribution >= 0.6 is 15.9 Å². The van der Waals surface area contributed by atoms with Crippen molar-refractivity contribution >= 4 is 21.6 Å². The fourth-order valence-electron chi connectivity index (χ4n) is 2.49. The molecule has 0 spiro atoms. The summed E-state index contributed by atoms with van der Waals surface area (Å²) in [5, 5.41) is 4.42. The SMILES string of the molecule is Nc1cc(Br)cc(Cn2nc3n(c2=O)CCCC3)c1. The van der Waals surface area contributed by atoms with Crippen LogP contribution in [0.5, 0.6) is 0 Å². The van der Waals surface area contributed by atoms with Crippen LogP contribution < -0.4 is 11.4 Å². The number of rotatable bonds is 2. The molecule has 0 radical (unpaired) electrons. The minimum absolute atomic E-state index is 0.0201. The first-order valence-electron chi connectivity index (χ1n) is 6.35. The molecule has 2 N–H and O–H groups in total. The molecule has 0 saturated heterocycles. The summed E-state index contributed by atoms with van der Waals surface area (Å²) in [6.45, 7) is 1.25. The quantitative estimate of drug-likeness (QED) is 0.857. The van der Waals surface area contributed by atoms with Gasteiger partial charge in [-0.15, -0.1) is 0 Å². The average molecular weight is 323 g/mol. The number of halogens is 1. The molecule has 1 aromatic heterocycles. The van der Waals surface area contributed by atoms with Crippen molar-refractivity contribution in [2.24, 2.45) is 0 Å². The van der Waals surface area contributed by atoms with E-state index in [1.807, 2.05) is 18.2 Å². The molecule has 0 bridgehead atoms. The number of anilines is 1. The van der Waals surface area contributed by atoms with Crippen LogP contribution in [-0.2, 0) is 19.5 Å². The lowest BCUT2D eigenvalue weighted by atomic mass is 10.2. The van der Waals surface area contributed by atoms with Crippen LogP contribution in [0.1, 0.15) is 24.2 Å². The molecule has 1 aromatic carbocycles. The number of hydrogen-bond acceptors (Lipinski definition) is 3. The van der Waals surface area contributed by atoms with E-state index in [9.17, 15) is 4.79 Å². The van der Waals surface area contributed by atoms with Gasteiger partial charge in [0.2, 0.25) is 0 Å². The third-order valence-electron chi connectivity index (χ3n) is 3.34. The molecular weight excluding hydrogens is 308 g/mol. The van der Waals surface area contributed by atoms with Gasteiger partial charge in [0.05, 0.1) is 6.54 Å². The molecule has 1 aliphatic rings. The topological polar surface area (TPSA) is 65.8 Å². The Morgan fingerprint density at radius 3 is 2.89 bits per heavy atom. The van der Waals surface area contributed by atoms with Crippen molar-refractivity contribution in [3.05, 3.63) is 44.5 Å². The third kappa shape index (κ3) is 2.45. The molecule has 3 rings (SSSR count). The number of nitrogens with two attached hydrogens (primary N) is 1. The van der Waals surface area contributed by atoms with E-state index in [1.165, 1.54) is 4.68 Å². The molecule has 2 aromatic rings. The van der Waals surface area contributed by atoms with Crippen LogP contribution in [0.2, 0.25) is 0 Å². The predicted molar refractivity (Wildman–Crippen MR) is 77.1 cm³/mol. The first kappa shape index (κ1) is 12.5. The van der Waals surface area contributed by atoms with E-state index in [2.05, 4.69) is 21.0 Å². The summed E-state index contributed by atoms with van der Waals surface area (Å²) in [5.74, 6) is 0.902. The number of nitrogen functional groups attached to an aromatic ring is 1. The standard InChI is InChI=1S/C13H15BrN4O/c14-10-5-9(6-11(15)7-10)8-18-13(19)17-4-2-1-3-12(17)16-18/h5-7H,1-4,8,15H2. The Morgan fingerprint density at radius 1 is 1.32 bits per heavy atom. The second-order valence-electron chi connectivity index (χ2n) is 4.86. The van der Waals surface area contributed by atoms with Crippen molar-refractivity contribution in [2.45, 2.75) is 32.4 Å². The van der Waals surface area contributed by atoms with Crippen LogP contribution in [0, 0.1) is 0 Å². The molecule has 2 heterocycles. The van der Waals surface area contributed by atoms with Gasteiger partial charge in [0, 0.05) is 23.1 Å². The van der Waals surface area contributed by atoms with Crippen molar-refractivity contribution < 1.29 is 0 Å². The highest BCUT2D eigenvalue weighted by atomic mass is 79.9. The molecule has 19 heavy (non-hydrogen) atoms. The van der Waals surface area contributed by atoms with E-state index in [0.717, 1.165) is 41.7 Å². The van der Waals surface area contributed by atoms with E-state index in [4.69, 9.17) is 5.73 Å². The molecule has 1 aliphatic heterocycles. The molecule has 0 unspecified atom stereocenters. The summed E-state index contributed by atoms with van der Waals surface area (Å²) in [5.41, 5.74) is 7.44. The molecular formula is C13H15BrN4O. The largest absolute Gasteiger partial charge is 0.399 e. The second kappa shape index (κ2) is 4.85. The van der Waals surface area contributed by atoms with Crippen LogP contribution in [-0.4, -0.2) is 14.3 Å². The Kier molecular flexibility index (Phi) is 3.18. The highest BCUT2D eigenvalue weighted by Crippen LogP contribution is 2.18. The van der Waals surface area contributed by atoms with E-state index < -0.39 is 0 Å². The van der Waals surface area contributed by atoms with Crippen molar-refractivity contribution in [1.82, 2.24) is 14.3 Å². The lowest BCUT2D eigenvalue weighted by Crippen LogP contribution is -2.27. The molecule has 0 amide bonds. The molecule has 0 saturated carbocycles. The van der Waals surface area contributed by atoms with Crippen molar-refractivity contribution in [2.75, 3.05) is 5.73 Å². The second-order valence-corrected chi connectivity index (χ2v) is 5.77. The van der Waals surface area contributed by atoms with Gasteiger partial charge in [0.25, 0.3) is 0 Å². The lowest BCUT2D eigenvalue weighted by Gasteiger charge is -2.09. The van der Waals surface area contributed by atoms with Crippen molar-refractivity contribution in [3.63, 3.8) is 0 Å². The maximum atomic E-state index is 12.2. The predicted octanol–water partition coefficient (Wildman–Crippen LogP) is 1.77. The van der Waals surface area contributed by atoms with Gasteiger partial charge in [-0.2, -0.15) is 5.10 Å². The van der Waals surface area contributed by atoms with Crippen LogP contribution in [0.15, 0.2) is 27.5 Å². The number of hydrogen-bond donors (Lipinski definition) is 1. The number of fused-ring (bicyclic) bond motifs is 1. The maximum absolute atomic E-state index is 12.2. The normalized spacial score (nSPS) is 14.4. The summed E-state index contributed by atoms with van der Waals surface area (Å²) in [7, 11) is 0. The van der Waals surface area contributed by atoms with E-state index >= 15 is 0 Å². The zero-order valence-electron chi connectivity index (χ0n) is 10.5. The maximum Gasteiger partial charge on any atom is 0.346 e. The highest BCUT2D eigenvalue weighted by molar-refractivity contribution is 9.10. The minimum Gasteiger partial charge on any atom is -0.399 e. The molecule has 5 nitrogen and oxygen atoms in total. The third-order valence-corrected chi connectivity index (χ3v) is 3.80. The van der Waals surface area contributed by atoms with Gasteiger partial charge < -0.3 is 5.73 Å². The Bertz CT molecular complexity index is 654. The van der Waals surface area contributed by atoms with Gasteiger partial charge in [-0.3, -0.25) is 4.57 Å². The van der Waals surface area contributed by atoms with E-state index in [0.29, 0.717) is 12.2 Å². The van der Waals surface area contributed by atoms with Gasteiger partial charge in [-0.05, 0) is 36.6 Å². The fraction of sp³-hybridized carbons (Fsp3) is 0.385. The zero-order valence-corrected chi connectivity index (χ0v) is 12.1. The Labute approximate surface area is 119 Å². The monoisotopic (exact) mass is 322 g/mol. The Balaban J connectivity index is 1.95. The average Bonchev–Trinajstić information content (AvgIpc) is 2.66. The molecule has 0 atom stereocenters. The summed E-state index contributed by atoms with van der Waals surface area (Å²) < 4.78 is 4.23. The summed E-state index contributed by atoms with van der Waals surface area (Å²) in [6, 6.07) is 5.67. The number of aryl methyl sites for hydroxylation is 1. The van der Waals surface area contributed by atoms with Gasteiger partial charge in [0.15, 0.2) is 0 Å². The highest BCUT2D eigenvalue weighted by Gasteiger charge is 2.16. The Morgan fingerprint density at radius 2 is 2.16 bits per heavy atom. The fourth-order valence-corrected chi connectivity index (χ4v) is 3.05. The van der Waals surface area contributed by atoms with Crippen LogP contribution in [0.4, 0.5) is 5.69 Å².